The van der Waals surface area contributed by atoms with Crippen LogP contribution in [0.3, 0.4) is 0 Å². The van der Waals surface area contributed by atoms with Gasteiger partial charge < -0.3 is 9.47 Å². The lowest BCUT2D eigenvalue weighted by atomic mass is 10.1. The molecular formula is C22H25F2N3O. The van der Waals surface area contributed by atoms with Crippen molar-refractivity contribution in [2.75, 3.05) is 6.54 Å². The van der Waals surface area contributed by atoms with Gasteiger partial charge in [0.05, 0.1) is 17.6 Å². The zero-order chi connectivity index (χ0) is 20.3. The van der Waals surface area contributed by atoms with Crippen molar-refractivity contribution < 1.29 is 13.6 Å². The number of amides is 1. The molecule has 6 heteroatoms. The maximum absolute atomic E-state index is 13.7. The van der Waals surface area contributed by atoms with Crippen LogP contribution in [0.5, 0.6) is 0 Å². The van der Waals surface area contributed by atoms with Crippen LogP contribution in [0.1, 0.15) is 48.4 Å². The van der Waals surface area contributed by atoms with Gasteiger partial charge in [0, 0.05) is 18.7 Å². The fourth-order valence-electron chi connectivity index (χ4n) is 3.43. The summed E-state index contributed by atoms with van der Waals surface area (Å²) in [6.07, 6.45) is 1.63. The van der Waals surface area contributed by atoms with E-state index in [-0.39, 0.29) is 11.7 Å². The van der Waals surface area contributed by atoms with E-state index >= 15 is 0 Å². The van der Waals surface area contributed by atoms with Crippen LogP contribution >= 0.6 is 0 Å². The number of hydrogen-bond donors (Lipinski definition) is 0. The van der Waals surface area contributed by atoms with E-state index in [2.05, 4.69) is 4.98 Å². The lowest BCUT2D eigenvalue weighted by molar-refractivity contribution is 0.0736. The first kappa shape index (κ1) is 20.0. The summed E-state index contributed by atoms with van der Waals surface area (Å²) in [5, 5.41) is 0. The van der Waals surface area contributed by atoms with Crippen LogP contribution in [0.2, 0.25) is 0 Å². The molecule has 1 aromatic heterocycles. The van der Waals surface area contributed by atoms with Crippen LogP contribution in [0, 0.1) is 18.6 Å². The third-order valence-electron chi connectivity index (χ3n) is 4.78. The molecule has 3 rings (SSSR count). The summed E-state index contributed by atoms with van der Waals surface area (Å²) < 4.78 is 29.4. The van der Waals surface area contributed by atoms with Crippen molar-refractivity contribution in [3.05, 3.63) is 65.0 Å². The summed E-state index contributed by atoms with van der Waals surface area (Å²) in [4.78, 5) is 19.4. The van der Waals surface area contributed by atoms with Gasteiger partial charge >= 0.3 is 0 Å². The van der Waals surface area contributed by atoms with Crippen molar-refractivity contribution >= 4 is 16.9 Å². The fourth-order valence-corrected chi connectivity index (χ4v) is 3.43. The minimum absolute atomic E-state index is 0.222. The average molecular weight is 385 g/mol. The van der Waals surface area contributed by atoms with Crippen molar-refractivity contribution in [1.82, 2.24) is 14.5 Å². The van der Waals surface area contributed by atoms with E-state index in [1.165, 1.54) is 24.3 Å². The second-order valence-electron chi connectivity index (χ2n) is 7.00. The summed E-state index contributed by atoms with van der Waals surface area (Å²) in [7, 11) is 0. The van der Waals surface area contributed by atoms with Gasteiger partial charge in [-0.2, -0.15) is 0 Å². The average Bonchev–Trinajstić information content (AvgIpc) is 3.00. The number of imidazole rings is 1. The third-order valence-corrected chi connectivity index (χ3v) is 4.78. The molecule has 0 aliphatic heterocycles. The predicted molar refractivity (Wildman–Crippen MR) is 106 cm³/mol. The van der Waals surface area contributed by atoms with Crippen molar-refractivity contribution in [2.24, 2.45) is 0 Å². The number of aryl methyl sites for hydroxylation is 2. The number of halogens is 2. The first-order valence-corrected chi connectivity index (χ1v) is 9.64. The lowest BCUT2D eigenvalue weighted by Gasteiger charge is -2.23. The number of rotatable bonds is 7. The number of hydrogen-bond acceptors (Lipinski definition) is 2. The molecule has 4 nitrogen and oxygen atoms in total. The quantitative estimate of drug-likeness (QED) is 0.568. The van der Waals surface area contributed by atoms with Crippen LogP contribution < -0.4 is 0 Å². The molecule has 0 bridgehead atoms. The van der Waals surface area contributed by atoms with Gasteiger partial charge in [-0.3, -0.25) is 4.79 Å². The van der Waals surface area contributed by atoms with Crippen molar-refractivity contribution in [2.45, 2.75) is 46.7 Å². The van der Waals surface area contributed by atoms with Crippen LogP contribution in [-0.2, 0) is 13.1 Å². The van der Waals surface area contributed by atoms with Crippen molar-refractivity contribution in [3.63, 3.8) is 0 Å². The molecule has 1 amide bonds. The zero-order valence-electron chi connectivity index (χ0n) is 16.5. The molecule has 3 aromatic rings. The highest BCUT2D eigenvalue weighted by atomic mass is 19.1. The molecule has 2 aromatic carbocycles. The number of carbonyl (C=O) groups is 1. The first-order chi connectivity index (χ1) is 13.4. The summed E-state index contributed by atoms with van der Waals surface area (Å²) in [6, 6.07) is 8.77. The Morgan fingerprint density at radius 1 is 1.07 bits per heavy atom. The standard InChI is InChI=1S/C22H25F2N3O/c1-4-10-26(22(28)18-12-16(23)7-6-15(18)3)14-21-25-19-9-8-17(24)13-20(19)27(21)11-5-2/h6-9,12-13H,4-5,10-11,14H2,1-3H3. The fraction of sp³-hybridized carbons (Fsp3) is 0.364. The molecule has 28 heavy (non-hydrogen) atoms. The molecule has 0 radical (unpaired) electrons. The molecule has 0 saturated heterocycles. The minimum atomic E-state index is -0.431. The van der Waals surface area contributed by atoms with Gasteiger partial charge in [0.2, 0.25) is 0 Å². The number of aromatic nitrogens is 2. The van der Waals surface area contributed by atoms with E-state index in [0.717, 1.165) is 23.9 Å². The Hall–Kier alpha value is -2.76. The molecule has 0 spiro atoms. The van der Waals surface area contributed by atoms with Crippen molar-refractivity contribution in [3.8, 4) is 0 Å². The highest BCUT2D eigenvalue weighted by molar-refractivity contribution is 5.95. The summed E-state index contributed by atoms with van der Waals surface area (Å²) in [6.45, 7) is 7.33. The van der Waals surface area contributed by atoms with E-state index in [9.17, 15) is 13.6 Å². The van der Waals surface area contributed by atoms with E-state index in [1.807, 2.05) is 18.4 Å². The number of benzene rings is 2. The van der Waals surface area contributed by atoms with Crippen LogP contribution in [0.25, 0.3) is 11.0 Å². The third kappa shape index (κ3) is 4.06. The number of nitrogens with zero attached hydrogens (tertiary/aromatic N) is 3. The van der Waals surface area contributed by atoms with E-state index in [1.54, 1.807) is 24.0 Å². The summed E-state index contributed by atoms with van der Waals surface area (Å²) in [5.41, 5.74) is 2.52. The minimum Gasteiger partial charge on any atom is -0.331 e. The van der Waals surface area contributed by atoms with Crippen LogP contribution in [0.15, 0.2) is 36.4 Å². The maximum Gasteiger partial charge on any atom is 0.254 e. The van der Waals surface area contributed by atoms with E-state index in [4.69, 9.17) is 0 Å². The molecule has 0 aliphatic rings. The Balaban J connectivity index is 1.99. The largest absolute Gasteiger partial charge is 0.331 e. The normalized spacial score (nSPS) is 11.2. The van der Waals surface area contributed by atoms with E-state index in [0.29, 0.717) is 36.5 Å². The topological polar surface area (TPSA) is 38.1 Å². The Morgan fingerprint density at radius 2 is 1.79 bits per heavy atom. The molecule has 0 fully saturated rings. The molecule has 0 aliphatic carbocycles. The van der Waals surface area contributed by atoms with Gasteiger partial charge in [0.15, 0.2) is 0 Å². The molecular weight excluding hydrogens is 360 g/mol. The van der Waals surface area contributed by atoms with Crippen LogP contribution in [-0.4, -0.2) is 26.9 Å². The summed E-state index contributed by atoms with van der Waals surface area (Å²) in [5.74, 6) is -0.259. The highest BCUT2D eigenvalue weighted by Crippen LogP contribution is 2.21. The molecule has 1 heterocycles. The molecule has 0 N–H and O–H groups in total. The lowest BCUT2D eigenvalue weighted by Crippen LogP contribution is -2.33. The van der Waals surface area contributed by atoms with Crippen LogP contribution in [0.4, 0.5) is 8.78 Å². The first-order valence-electron chi connectivity index (χ1n) is 9.64. The predicted octanol–water partition coefficient (Wildman–Crippen LogP) is 5.09. The number of carbonyl (C=O) groups excluding carboxylic acids is 1. The van der Waals surface area contributed by atoms with Gasteiger partial charge in [0.1, 0.15) is 17.5 Å². The van der Waals surface area contributed by atoms with Gasteiger partial charge in [-0.25, -0.2) is 13.8 Å². The smallest absolute Gasteiger partial charge is 0.254 e. The second-order valence-corrected chi connectivity index (χ2v) is 7.00. The Morgan fingerprint density at radius 3 is 2.50 bits per heavy atom. The van der Waals surface area contributed by atoms with Gasteiger partial charge in [-0.1, -0.05) is 19.9 Å². The SMILES string of the molecule is CCCN(Cc1nc2ccc(F)cc2n1CCC)C(=O)c1cc(F)ccc1C. The summed E-state index contributed by atoms with van der Waals surface area (Å²) >= 11 is 0. The van der Waals surface area contributed by atoms with Gasteiger partial charge in [-0.05, 0) is 55.7 Å². The second kappa shape index (κ2) is 8.50. The monoisotopic (exact) mass is 385 g/mol. The van der Waals surface area contributed by atoms with E-state index < -0.39 is 5.82 Å². The molecule has 0 atom stereocenters. The molecule has 0 saturated carbocycles. The molecule has 0 unspecified atom stereocenters. The van der Waals surface area contributed by atoms with Gasteiger partial charge in [-0.15, -0.1) is 0 Å². The highest BCUT2D eigenvalue weighted by Gasteiger charge is 2.21. The Bertz CT molecular complexity index is 997. The van der Waals surface area contributed by atoms with Crippen molar-refractivity contribution in [1.29, 1.82) is 0 Å². The Kier molecular flexibility index (Phi) is 6.07. The number of fused-ring (bicyclic) bond motifs is 1. The Labute approximate surface area is 163 Å². The zero-order valence-corrected chi connectivity index (χ0v) is 16.5. The molecule has 148 valence electrons. The van der Waals surface area contributed by atoms with Gasteiger partial charge in [0.25, 0.3) is 5.91 Å². The maximum atomic E-state index is 13.7.